The minimum atomic E-state index is -3.04. The summed E-state index contributed by atoms with van der Waals surface area (Å²) < 4.78 is 32.9. The number of fused-ring (bicyclic) bond motifs is 1. The van der Waals surface area contributed by atoms with Crippen LogP contribution in [-0.4, -0.2) is 66.2 Å². The number of likely N-dealkylation sites (N-methyl/N-ethyl adjacent to an activating group) is 2. The van der Waals surface area contributed by atoms with Crippen molar-refractivity contribution in [1.82, 2.24) is 19.4 Å². The Bertz CT molecular complexity index is 1640. The van der Waals surface area contributed by atoms with E-state index < -0.39 is 12.5 Å². The van der Waals surface area contributed by atoms with Gasteiger partial charge in [-0.25, -0.2) is 4.98 Å². The quantitative estimate of drug-likeness (QED) is 0.256. The van der Waals surface area contributed by atoms with E-state index in [1.807, 2.05) is 30.9 Å². The van der Waals surface area contributed by atoms with Crippen molar-refractivity contribution in [3.8, 4) is 11.4 Å². The molecule has 0 aliphatic heterocycles. The van der Waals surface area contributed by atoms with Gasteiger partial charge >= 0.3 is 6.61 Å². The molecule has 0 aliphatic carbocycles. The van der Waals surface area contributed by atoms with Crippen LogP contribution in [0.2, 0.25) is 0 Å². The largest absolute Gasteiger partial charge is 0.433 e. The number of aryl methyl sites for hydroxylation is 1. The summed E-state index contributed by atoms with van der Waals surface area (Å²) in [6.07, 6.45) is 2.70. The van der Waals surface area contributed by atoms with Gasteiger partial charge in [0.2, 0.25) is 11.9 Å². The molecule has 214 valence electrons. The summed E-state index contributed by atoms with van der Waals surface area (Å²) in [5.74, 6) is -0.404. The molecule has 2 N–H and O–H groups in total. The van der Waals surface area contributed by atoms with E-state index in [4.69, 9.17) is 4.74 Å². The van der Waals surface area contributed by atoms with Crippen LogP contribution in [0, 0.1) is 6.92 Å². The number of carbonyl (C=O) groups excluding carboxylic acids is 1. The van der Waals surface area contributed by atoms with E-state index in [0.717, 1.165) is 12.6 Å². The van der Waals surface area contributed by atoms with Crippen molar-refractivity contribution in [1.29, 1.82) is 0 Å². The smallest absolute Gasteiger partial charge is 0.387 e. The first kappa shape index (κ1) is 29.2. The lowest BCUT2D eigenvalue weighted by Crippen LogP contribution is -2.28. The van der Waals surface area contributed by atoms with E-state index in [2.05, 4.69) is 27.2 Å². The van der Waals surface area contributed by atoms with E-state index in [0.29, 0.717) is 34.6 Å². The second-order valence-electron chi connectivity index (χ2n) is 9.58. The molecule has 0 fully saturated rings. The molecule has 0 atom stereocenters. The number of halogens is 2. The maximum atomic E-state index is 13.3. The highest BCUT2D eigenvalue weighted by Crippen LogP contribution is 2.33. The molecule has 0 spiro atoms. The Morgan fingerprint density at radius 2 is 1.93 bits per heavy atom. The van der Waals surface area contributed by atoms with E-state index >= 15 is 0 Å². The average Bonchev–Trinajstić information content (AvgIpc) is 2.92. The number of nitrogens with zero attached hydrogens (tertiary/aromatic N) is 5. The van der Waals surface area contributed by atoms with Crippen molar-refractivity contribution in [3.63, 3.8) is 0 Å². The average molecular weight is 564 g/mol. The number of carbonyl (C=O) groups is 1. The third-order valence-electron chi connectivity index (χ3n) is 6.27. The molecule has 2 aromatic heterocycles. The summed E-state index contributed by atoms with van der Waals surface area (Å²) in [6.45, 7) is 3.63. The number of aromatic nitrogens is 3. The summed E-state index contributed by atoms with van der Waals surface area (Å²) in [7, 11) is 5.77. The maximum Gasteiger partial charge on any atom is 0.387 e. The monoisotopic (exact) mass is 563 g/mol. The zero-order valence-electron chi connectivity index (χ0n) is 23.2. The molecule has 4 aromatic rings. The predicted molar refractivity (Wildman–Crippen MR) is 157 cm³/mol. The first-order valence-corrected chi connectivity index (χ1v) is 12.7. The van der Waals surface area contributed by atoms with Gasteiger partial charge in [-0.2, -0.15) is 13.8 Å². The van der Waals surface area contributed by atoms with Crippen molar-refractivity contribution < 1.29 is 18.3 Å². The Balaban J connectivity index is 1.75. The van der Waals surface area contributed by atoms with Crippen LogP contribution in [0.5, 0.6) is 5.75 Å². The minimum absolute atomic E-state index is 0.0696. The fourth-order valence-corrected chi connectivity index (χ4v) is 4.12. The molecular weight excluding hydrogens is 532 g/mol. The van der Waals surface area contributed by atoms with E-state index in [9.17, 15) is 18.4 Å². The number of benzene rings is 2. The molecule has 0 radical (unpaired) electrons. The van der Waals surface area contributed by atoms with Gasteiger partial charge in [-0.1, -0.05) is 12.6 Å². The Kier molecular flexibility index (Phi) is 8.93. The maximum absolute atomic E-state index is 13.3. The molecule has 0 saturated carbocycles. The van der Waals surface area contributed by atoms with Crippen molar-refractivity contribution in [2.45, 2.75) is 13.5 Å². The highest BCUT2D eigenvalue weighted by Gasteiger charge is 2.16. The fourth-order valence-electron chi connectivity index (χ4n) is 4.12. The number of rotatable bonds is 11. The van der Waals surface area contributed by atoms with Crippen LogP contribution in [0.15, 0.2) is 72.2 Å². The van der Waals surface area contributed by atoms with Gasteiger partial charge in [0.15, 0.2) is 11.4 Å². The normalized spacial score (nSPS) is 11.1. The summed E-state index contributed by atoms with van der Waals surface area (Å²) in [4.78, 5) is 37.8. The summed E-state index contributed by atoms with van der Waals surface area (Å²) in [5, 5.41) is 6.24. The highest BCUT2D eigenvalue weighted by atomic mass is 19.3. The van der Waals surface area contributed by atoms with E-state index in [1.54, 1.807) is 49.5 Å². The van der Waals surface area contributed by atoms with Crippen molar-refractivity contribution in [2.24, 2.45) is 0 Å². The SMILES string of the molecule is C=CC(=O)Nc1cccc(-n2c(=O)cc(C)c3cnc(Nc4ccc(N(C)CCN(C)C)cc4OC(F)F)nc32)c1. The van der Waals surface area contributed by atoms with Gasteiger partial charge in [0, 0.05) is 55.2 Å². The topological polar surface area (TPSA) is 105 Å². The third kappa shape index (κ3) is 7.03. The number of amides is 1. The van der Waals surface area contributed by atoms with Crippen LogP contribution < -0.4 is 25.8 Å². The Labute approximate surface area is 235 Å². The van der Waals surface area contributed by atoms with Gasteiger partial charge in [0.1, 0.15) is 0 Å². The standard InChI is InChI=1S/C29H31F2N7O3/c1-6-25(39)33-19-8-7-9-21(15-19)38-26(40)14-18(2)22-17-32-29(35-27(22)38)34-23-11-10-20(16-24(23)41-28(30)31)37(5)13-12-36(3)4/h6-11,14-17,28H,1,12-13H2,2-5H3,(H,33,39)(H,32,34,35). The summed E-state index contributed by atoms with van der Waals surface area (Å²) in [6, 6.07) is 13.1. The Morgan fingerprint density at radius 1 is 1.15 bits per heavy atom. The van der Waals surface area contributed by atoms with Crippen molar-refractivity contribution in [3.05, 3.63) is 83.3 Å². The second-order valence-corrected chi connectivity index (χ2v) is 9.58. The zero-order valence-corrected chi connectivity index (χ0v) is 23.2. The lowest BCUT2D eigenvalue weighted by atomic mass is 10.2. The van der Waals surface area contributed by atoms with Gasteiger partial charge < -0.3 is 25.2 Å². The van der Waals surface area contributed by atoms with Crippen LogP contribution in [0.1, 0.15) is 5.56 Å². The molecule has 2 heterocycles. The second kappa shape index (κ2) is 12.6. The van der Waals surface area contributed by atoms with E-state index in [-0.39, 0.29) is 28.6 Å². The van der Waals surface area contributed by atoms with Crippen LogP contribution in [0.3, 0.4) is 0 Å². The van der Waals surface area contributed by atoms with Crippen LogP contribution in [0.4, 0.5) is 31.8 Å². The van der Waals surface area contributed by atoms with Gasteiger partial charge in [-0.15, -0.1) is 0 Å². The number of alkyl halides is 2. The molecule has 0 unspecified atom stereocenters. The molecule has 4 rings (SSSR count). The highest BCUT2D eigenvalue weighted by molar-refractivity contribution is 5.99. The number of hydrogen-bond donors (Lipinski definition) is 2. The molecule has 0 bridgehead atoms. The predicted octanol–water partition coefficient (Wildman–Crippen LogP) is 4.56. The third-order valence-corrected chi connectivity index (χ3v) is 6.27. The molecule has 1 amide bonds. The molecular formula is C29H31F2N7O3. The first-order valence-electron chi connectivity index (χ1n) is 12.7. The minimum Gasteiger partial charge on any atom is -0.433 e. The number of anilines is 4. The van der Waals surface area contributed by atoms with Gasteiger partial charge in [0.05, 0.1) is 11.4 Å². The van der Waals surface area contributed by atoms with Crippen LogP contribution in [-0.2, 0) is 4.79 Å². The van der Waals surface area contributed by atoms with Gasteiger partial charge in [-0.05, 0) is 63.0 Å². The molecule has 41 heavy (non-hydrogen) atoms. The van der Waals surface area contributed by atoms with Crippen LogP contribution in [0.25, 0.3) is 16.7 Å². The lowest BCUT2D eigenvalue weighted by molar-refractivity contribution is -0.111. The van der Waals surface area contributed by atoms with Crippen LogP contribution >= 0.6 is 0 Å². The van der Waals surface area contributed by atoms with E-state index in [1.165, 1.54) is 16.7 Å². The Morgan fingerprint density at radius 3 is 2.63 bits per heavy atom. The van der Waals surface area contributed by atoms with Gasteiger partial charge in [0.25, 0.3) is 5.56 Å². The van der Waals surface area contributed by atoms with Crippen molar-refractivity contribution >= 4 is 40.0 Å². The molecule has 0 saturated heterocycles. The summed E-state index contributed by atoms with van der Waals surface area (Å²) in [5.41, 5.74) is 2.44. The van der Waals surface area contributed by atoms with Gasteiger partial charge in [-0.3, -0.25) is 14.2 Å². The molecule has 0 aliphatic rings. The molecule has 2 aromatic carbocycles. The zero-order chi connectivity index (χ0) is 29.7. The Hall–Kier alpha value is -4.84. The molecule has 12 heteroatoms. The number of nitrogens with one attached hydrogen (secondary N) is 2. The first-order chi connectivity index (χ1) is 19.5. The summed E-state index contributed by atoms with van der Waals surface area (Å²) >= 11 is 0. The fraction of sp³-hybridized carbons (Fsp3) is 0.241. The lowest BCUT2D eigenvalue weighted by Gasteiger charge is -2.23. The number of hydrogen-bond acceptors (Lipinski definition) is 8. The van der Waals surface area contributed by atoms with Crippen molar-refractivity contribution in [2.75, 3.05) is 49.8 Å². The number of pyridine rings is 1. The number of ether oxygens (including phenoxy) is 1. The molecule has 10 nitrogen and oxygen atoms in total.